The van der Waals surface area contributed by atoms with Gasteiger partial charge in [0.05, 0.1) is 18.5 Å². The summed E-state index contributed by atoms with van der Waals surface area (Å²) in [6.07, 6.45) is 4.91. The first-order valence-corrected chi connectivity index (χ1v) is 9.82. The Kier molecular flexibility index (Phi) is 5.13. The molecule has 1 aromatic heterocycles. The molecule has 3 heterocycles. The van der Waals surface area contributed by atoms with Gasteiger partial charge in [-0.05, 0) is 18.9 Å². The second-order valence-corrected chi connectivity index (χ2v) is 8.22. The predicted octanol–water partition coefficient (Wildman–Crippen LogP) is 0.743. The maximum Gasteiger partial charge on any atom is 0.225 e. The van der Waals surface area contributed by atoms with Gasteiger partial charge in [0.25, 0.3) is 0 Å². The lowest BCUT2D eigenvalue weighted by Gasteiger charge is -2.37. The topological polar surface area (TPSA) is 75.6 Å². The van der Waals surface area contributed by atoms with Gasteiger partial charge in [-0.2, -0.15) is 4.31 Å². The number of hydrogen-bond acceptors (Lipinski definition) is 6. The van der Waals surface area contributed by atoms with Gasteiger partial charge >= 0.3 is 0 Å². The zero-order valence-corrected chi connectivity index (χ0v) is 14.3. The zero-order valence-electron chi connectivity index (χ0n) is 13.5. The molecule has 7 nitrogen and oxygen atoms in total. The van der Waals surface area contributed by atoms with Crippen LogP contribution in [0, 0.1) is 5.92 Å². The summed E-state index contributed by atoms with van der Waals surface area (Å²) >= 11 is 0. The number of anilines is 1. The van der Waals surface area contributed by atoms with Gasteiger partial charge in [0.1, 0.15) is 0 Å². The van der Waals surface area contributed by atoms with Gasteiger partial charge in [-0.3, -0.25) is 0 Å². The van der Waals surface area contributed by atoms with E-state index in [2.05, 4.69) is 14.9 Å². The van der Waals surface area contributed by atoms with Crippen molar-refractivity contribution in [3.8, 4) is 0 Å². The van der Waals surface area contributed by atoms with Crippen LogP contribution in [0.15, 0.2) is 18.5 Å². The van der Waals surface area contributed by atoms with Crippen LogP contribution in [-0.2, 0) is 14.8 Å². The van der Waals surface area contributed by atoms with Crippen LogP contribution in [0.3, 0.4) is 0 Å². The van der Waals surface area contributed by atoms with E-state index in [4.69, 9.17) is 4.74 Å². The van der Waals surface area contributed by atoms with Crippen molar-refractivity contribution in [3.05, 3.63) is 18.5 Å². The summed E-state index contributed by atoms with van der Waals surface area (Å²) in [5.41, 5.74) is 0. The van der Waals surface area contributed by atoms with Crippen LogP contribution < -0.4 is 4.90 Å². The molecule has 1 aromatic rings. The fourth-order valence-corrected chi connectivity index (χ4v) is 4.83. The molecule has 2 aliphatic heterocycles. The van der Waals surface area contributed by atoms with Crippen molar-refractivity contribution in [2.24, 2.45) is 5.92 Å². The van der Waals surface area contributed by atoms with E-state index in [1.165, 1.54) is 0 Å². The molecule has 0 bridgehead atoms. The van der Waals surface area contributed by atoms with Gasteiger partial charge in [-0.15, -0.1) is 0 Å². The van der Waals surface area contributed by atoms with Crippen molar-refractivity contribution in [1.29, 1.82) is 0 Å². The molecule has 3 rings (SSSR count). The molecule has 0 radical (unpaired) electrons. The first-order chi connectivity index (χ1) is 11.1. The Morgan fingerprint density at radius 1 is 1.26 bits per heavy atom. The van der Waals surface area contributed by atoms with Gasteiger partial charge in [-0.1, -0.05) is 6.92 Å². The highest BCUT2D eigenvalue weighted by atomic mass is 32.2. The molecule has 0 N–H and O–H groups in total. The third-order valence-electron chi connectivity index (χ3n) is 4.50. The van der Waals surface area contributed by atoms with Gasteiger partial charge < -0.3 is 9.64 Å². The summed E-state index contributed by atoms with van der Waals surface area (Å²) in [4.78, 5) is 10.8. The molecule has 0 saturated carbocycles. The highest BCUT2D eigenvalue weighted by Gasteiger charge is 2.37. The summed E-state index contributed by atoms with van der Waals surface area (Å²) < 4.78 is 32.1. The lowest BCUT2D eigenvalue weighted by molar-refractivity contribution is -0.00178. The second-order valence-electron chi connectivity index (χ2n) is 6.13. The zero-order chi connectivity index (χ0) is 16.3. The molecule has 0 unspecified atom stereocenters. The minimum absolute atomic E-state index is 0.0379. The molecule has 2 saturated heterocycles. The fraction of sp³-hybridized carbons (Fsp3) is 0.733. The van der Waals surface area contributed by atoms with E-state index >= 15 is 0 Å². The Bertz CT molecular complexity index is 610. The lowest BCUT2D eigenvalue weighted by atomic mass is 9.94. The number of nitrogens with zero attached hydrogens (tertiary/aromatic N) is 4. The number of piperidine rings is 1. The highest BCUT2D eigenvalue weighted by Crippen LogP contribution is 2.27. The Morgan fingerprint density at radius 3 is 2.78 bits per heavy atom. The van der Waals surface area contributed by atoms with E-state index in [0.29, 0.717) is 32.0 Å². The molecule has 0 aromatic carbocycles. The molecular formula is C15H24N4O3S. The summed E-state index contributed by atoms with van der Waals surface area (Å²) in [5.74, 6) is 1.25. The quantitative estimate of drug-likeness (QED) is 0.805. The molecule has 2 aliphatic rings. The van der Waals surface area contributed by atoms with Crippen molar-refractivity contribution in [3.63, 3.8) is 0 Å². The van der Waals surface area contributed by atoms with Crippen LogP contribution >= 0.6 is 0 Å². The van der Waals surface area contributed by atoms with Crippen LogP contribution in [0.25, 0.3) is 0 Å². The Hall–Kier alpha value is -1.25. The van der Waals surface area contributed by atoms with Crippen molar-refractivity contribution in [2.45, 2.75) is 25.9 Å². The van der Waals surface area contributed by atoms with Crippen LogP contribution in [0.1, 0.15) is 19.8 Å². The number of sulfonamides is 1. The Balaban J connectivity index is 1.68. The maximum absolute atomic E-state index is 12.3. The lowest BCUT2D eigenvalue weighted by Crippen LogP contribution is -2.49. The van der Waals surface area contributed by atoms with Crippen molar-refractivity contribution >= 4 is 16.0 Å². The van der Waals surface area contributed by atoms with Crippen molar-refractivity contribution < 1.29 is 13.2 Å². The van der Waals surface area contributed by atoms with Gasteiger partial charge in [0.15, 0.2) is 0 Å². The number of ether oxygens (including phenoxy) is 1. The maximum atomic E-state index is 12.3. The van der Waals surface area contributed by atoms with Crippen LogP contribution in [-0.4, -0.2) is 67.3 Å². The van der Waals surface area contributed by atoms with Gasteiger partial charge in [0, 0.05) is 44.5 Å². The van der Waals surface area contributed by atoms with Crippen LogP contribution in [0.2, 0.25) is 0 Å². The number of hydrogen-bond donors (Lipinski definition) is 0. The minimum atomic E-state index is -3.15. The standard InChI is InChI=1S/C15H24N4O3S/c1-2-10-23(20,21)19-7-4-13-11-18(8-9-22-14(13)12-19)15-16-5-3-6-17-15/h3,5-6,13-14H,2,4,7-12H2,1H3/t13-,14-/m0/s1. The van der Waals surface area contributed by atoms with Gasteiger partial charge in [-0.25, -0.2) is 18.4 Å². The second kappa shape index (κ2) is 7.11. The summed E-state index contributed by atoms with van der Waals surface area (Å²) in [6.45, 7) is 5.06. The SMILES string of the molecule is CCCS(=O)(=O)N1CC[C@H]2CN(c3ncccn3)CCO[C@H]2C1. The molecule has 0 aliphatic carbocycles. The third-order valence-corrected chi connectivity index (χ3v) is 6.54. The summed E-state index contributed by atoms with van der Waals surface area (Å²) in [6, 6.07) is 1.80. The van der Waals surface area contributed by atoms with Crippen molar-refractivity contribution in [1.82, 2.24) is 14.3 Å². The van der Waals surface area contributed by atoms with Crippen LogP contribution in [0.4, 0.5) is 5.95 Å². The summed E-state index contributed by atoms with van der Waals surface area (Å²) in [5, 5.41) is 0. The smallest absolute Gasteiger partial charge is 0.225 e. The van der Waals surface area contributed by atoms with E-state index in [1.54, 1.807) is 22.8 Å². The van der Waals surface area contributed by atoms with E-state index in [1.807, 2.05) is 6.92 Å². The molecule has 0 amide bonds. The first-order valence-electron chi connectivity index (χ1n) is 8.21. The minimum Gasteiger partial charge on any atom is -0.375 e. The van der Waals surface area contributed by atoms with Crippen molar-refractivity contribution in [2.75, 3.05) is 43.4 Å². The molecular weight excluding hydrogens is 316 g/mol. The Labute approximate surface area is 137 Å². The predicted molar refractivity (Wildman–Crippen MR) is 87.7 cm³/mol. The molecule has 23 heavy (non-hydrogen) atoms. The number of rotatable bonds is 4. The van der Waals surface area contributed by atoms with E-state index < -0.39 is 10.0 Å². The first kappa shape index (κ1) is 16.6. The number of fused-ring (bicyclic) bond motifs is 1. The number of aromatic nitrogens is 2. The monoisotopic (exact) mass is 340 g/mol. The molecule has 8 heteroatoms. The normalized spacial score (nSPS) is 26.6. The average molecular weight is 340 g/mol. The highest BCUT2D eigenvalue weighted by molar-refractivity contribution is 7.89. The van der Waals surface area contributed by atoms with Gasteiger partial charge in [0.2, 0.25) is 16.0 Å². The average Bonchev–Trinajstić information content (AvgIpc) is 2.77. The largest absolute Gasteiger partial charge is 0.375 e. The Morgan fingerprint density at radius 2 is 2.04 bits per heavy atom. The molecule has 128 valence electrons. The van der Waals surface area contributed by atoms with E-state index in [-0.39, 0.29) is 11.9 Å². The van der Waals surface area contributed by atoms with E-state index in [0.717, 1.165) is 25.5 Å². The molecule has 0 spiro atoms. The molecule has 2 atom stereocenters. The molecule has 2 fully saturated rings. The van der Waals surface area contributed by atoms with Crippen LogP contribution in [0.5, 0.6) is 0 Å². The third kappa shape index (κ3) is 3.81. The van der Waals surface area contributed by atoms with E-state index in [9.17, 15) is 8.42 Å². The summed E-state index contributed by atoms with van der Waals surface area (Å²) in [7, 11) is -3.15. The fourth-order valence-electron chi connectivity index (χ4n) is 3.30.